The summed E-state index contributed by atoms with van der Waals surface area (Å²) in [7, 11) is 0. The maximum absolute atomic E-state index is 2.45. The predicted molar refractivity (Wildman–Crippen MR) is 179 cm³/mol. The molecule has 1 nitrogen and oxygen atoms in total. The van der Waals surface area contributed by atoms with Crippen molar-refractivity contribution in [3.8, 4) is 22.3 Å². The summed E-state index contributed by atoms with van der Waals surface area (Å²) in [4.78, 5) is 2.44. The molecular formula is C41H31N. The van der Waals surface area contributed by atoms with Gasteiger partial charge in [-0.05, 0) is 85.8 Å². The Morgan fingerprint density at radius 1 is 0.476 bits per heavy atom. The first-order valence-electron chi connectivity index (χ1n) is 14.7. The van der Waals surface area contributed by atoms with Gasteiger partial charge in [0.2, 0.25) is 0 Å². The highest BCUT2D eigenvalue weighted by atomic mass is 15.1. The van der Waals surface area contributed by atoms with E-state index in [0.717, 1.165) is 11.4 Å². The maximum Gasteiger partial charge on any atom is 0.0543 e. The van der Waals surface area contributed by atoms with Crippen LogP contribution in [0.15, 0.2) is 152 Å². The summed E-state index contributed by atoms with van der Waals surface area (Å²) in [6, 6.07) is 55.3. The van der Waals surface area contributed by atoms with Crippen molar-refractivity contribution in [2.75, 3.05) is 4.90 Å². The zero-order valence-electron chi connectivity index (χ0n) is 23.9. The first-order valence-corrected chi connectivity index (χ1v) is 14.7. The van der Waals surface area contributed by atoms with E-state index in [9.17, 15) is 0 Å². The van der Waals surface area contributed by atoms with Crippen LogP contribution in [0.2, 0.25) is 0 Å². The molecule has 0 N–H and O–H groups in total. The Labute approximate surface area is 247 Å². The average molecular weight is 538 g/mol. The van der Waals surface area contributed by atoms with Gasteiger partial charge in [-0.3, -0.25) is 0 Å². The first-order chi connectivity index (χ1) is 20.6. The molecule has 1 heteroatoms. The number of para-hydroxylation sites is 1. The molecule has 0 spiro atoms. The fourth-order valence-electron chi connectivity index (χ4n) is 7.09. The van der Waals surface area contributed by atoms with E-state index in [4.69, 9.17) is 0 Å². The molecule has 0 saturated carbocycles. The second-order valence-corrected chi connectivity index (χ2v) is 11.8. The Morgan fingerprint density at radius 3 is 1.93 bits per heavy atom. The largest absolute Gasteiger partial charge is 0.310 e. The van der Waals surface area contributed by atoms with E-state index in [2.05, 4.69) is 170 Å². The van der Waals surface area contributed by atoms with Gasteiger partial charge in [0.05, 0.1) is 5.69 Å². The van der Waals surface area contributed by atoms with Crippen molar-refractivity contribution in [3.05, 3.63) is 163 Å². The van der Waals surface area contributed by atoms with Gasteiger partial charge >= 0.3 is 0 Å². The smallest absolute Gasteiger partial charge is 0.0543 e. The topological polar surface area (TPSA) is 3.24 Å². The van der Waals surface area contributed by atoms with Crippen LogP contribution in [0.4, 0.5) is 17.1 Å². The normalized spacial score (nSPS) is 13.2. The van der Waals surface area contributed by atoms with Gasteiger partial charge in [0, 0.05) is 22.4 Å². The molecule has 0 unspecified atom stereocenters. The average Bonchev–Trinajstić information content (AvgIpc) is 3.28. The van der Waals surface area contributed by atoms with Crippen LogP contribution in [0.25, 0.3) is 43.8 Å². The summed E-state index contributed by atoms with van der Waals surface area (Å²) in [5.41, 5.74) is 11.3. The summed E-state index contributed by atoms with van der Waals surface area (Å²) in [6.07, 6.45) is 0. The van der Waals surface area contributed by atoms with Crippen LogP contribution in [-0.4, -0.2) is 0 Å². The van der Waals surface area contributed by atoms with Crippen molar-refractivity contribution < 1.29 is 0 Å². The van der Waals surface area contributed by atoms with Gasteiger partial charge in [-0.25, -0.2) is 0 Å². The van der Waals surface area contributed by atoms with E-state index in [0.29, 0.717) is 0 Å². The molecule has 42 heavy (non-hydrogen) atoms. The molecule has 0 amide bonds. The molecule has 1 aliphatic carbocycles. The van der Waals surface area contributed by atoms with Gasteiger partial charge in [-0.1, -0.05) is 129 Å². The fraction of sp³-hybridized carbons (Fsp3) is 0.0732. The molecule has 7 aromatic carbocycles. The van der Waals surface area contributed by atoms with Crippen molar-refractivity contribution in [1.29, 1.82) is 0 Å². The SMILES string of the molecule is CC1(C)c2cccc(N(c3ccccc3)c3ccc4ccccc4c3)c2-c2cc(-c3ccccc3)c3ccccc3c21. The summed E-state index contributed by atoms with van der Waals surface area (Å²) in [5.74, 6) is 0. The van der Waals surface area contributed by atoms with Crippen molar-refractivity contribution in [2.24, 2.45) is 0 Å². The number of rotatable bonds is 4. The summed E-state index contributed by atoms with van der Waals surface area (Å²) in [6.45, 7) is 4.78. The van der Waals surface area contributed by atoms with Crippen LogP contribution in [0.5, 0.6) is 0 Å². The maximum atomic E-state index is 2.45. The molecular weight excluding hydrogens is 506 g/mol. The molecule has 0 heterocycles. The van der Waals surface area contributed by atoms with Gasteiger partial charge in [0.1, 0.15) is 0 Å². The lowest BCUT2D eigenvalue weighted by Gasteiger charge is -2.29. The summed E-state index contributed by atoms with van der Waals surface area (Å²) in [5, 5.41) is 5.12. The molecule has 0 saturated heterocycles. The van der Waals surface area contributed by atoms with Gasteiger partial charge in [-0.2, -0.15) is 0 Å². The van der Waals surface area contributed by atoms with E-state index >= 15 is 0 Å². The molecule has 8 rings (SSSR count). The van der Waals surface area contributed by atoms with Crippen LogP contribution >= 0.6 is 0 Å². The van der Waals surface area contributed by atoms with Gasteiger partial charge < -0.3 is 4.90 Å². The number of benzene rings is 7. The lowest BCUT2D eigenvalue weighted by atomic mass is 9.79. The Balaban J connectivity index is 1.45. The van der Waals surface area contributed by atoms with Crippen molar-refractivity contribution in [1.82, 2.24) is 0 Å². The Morgan fingerprint density at radius 2 is 1.14 bits per heavy atom. The first kappa shape index (κ1) is 24.6. The van der Waals surface area contributed by atoms with Gasteiger partial charge in [-0.15, -0.1) is 0 Å². The Hall–Kier alpha value is -5.14. The van der Waals surface area contributed by atoms with Crippen LogP contribution in [0, 0.1) is 0 Å². The minimum Gasteiger partial charge on any atom is -0.310 e. The van der Waals surface area contributed by atoms with Gasteiger partial charge in [0.25, 0.3) is 0 Å². The Bertz CT molecular complexity index is 2110. The van der Waals surface area contributed by atoms with Crippen LogP contribution in [0.1, 0.15) is 25.0 Å². The Kier molecular flexibility index (Phi) is 5.55. The highest BCUT2D eigenvalue weighted by Crippen LogP contribution is 2.57. The molecule has 0 radical (unpaired) electrons. The van der Waals surface area contributed by atoms with Crippen LogP contribution in [0.3, 0.4) is 0 Å². The lowest BCUT2D eigenvalue weighted by molar-refractivity contribution is 0.666. The van der Waals surface area contributed by atoms with E-state index in [1.54, 1.807) is 0 Å². The second-order valence-electron chi connectivity index (χ2n) is 11.8. The minimum absolute atomic E-state index is 0.152. The molecule has 0 aromatic heterocycles. The third-order valence-electron chi connectivity index (χ3n) is 8.99. The summed E-state index contributed by atoms with van der Waals surface area (Å²) >= 11 is 0. The minimum atomic E-state index is -0.152. The fourth-order valence-corrected chi connectivity index (χ4v) is 7.09. The molecule has 0 aliphatic heterocycles. The second kappa shape index (κ2) is 9.46. The molecule has 1 aliphatic rings. The van der Waals surface area contributed by atoms with Crippen LogP contribution < -0.4 is 4.90 Å². The van der Waals surface area contributed by atoms with E-state index < -0.39 is 0 Å². The van der Waals surface area contributed by atoms with Crippen LogP contribution in [-0.2, 0) is 5.41 Å². The zero-order chi connectivity index (χ0) is 28.3. The van der Waals surface area contributed by atoms with Crippen molar-refractivity contribution >= 4 is 38.6 Å². The van der Waals surface area contributed by atoms with Gasteiger partial charge in [0.15, 0.2) is 0 Å². The standard InChI is InChI=1S/C41H31N/c1-41(2)37-22-13-23-38(42(31-18-7-4-8-19-31)32-25-24-28-14-9-10-17-30(28)26-32)39(37)36-27-35(29-15-5-3-6-16-29)33-20-11-12-21-34(33)40(36)41/h3-27H,1-2H3. The predicted octanol–water partition coefficient (Wildman–Crippen LogP) is 11.4. The van der Waals surface area contributed by atoms with E-state index in [-0.39, 0.29) is 5.41 Å². The highest BCUT2D eigenvalue weighted by Gasteiger charge is 2.40. The molecule has 200 valence electrons. The third-order valence-corrected chi connectivity index (χ3v) is 8.99. The number of fused-ring (bicyclic) bond motifs is 6. The number of anilines is 3. The number of hydrogen-bond acceptors (Lipinski definition) is 1. The number of hydrogen-bond donors (Lipinski definition) is 0. The lowest BCUT2D eigenvalue weighted by Crippen LogP contribution is -2.16. The van der Waals surface area contributed by atoms with Crippen molar-refractivity contribution in [3.63, 3.8) is 0 Å². The zero-order valence-corrected chi connectivity index (χ0v) is 23.9. The van der Waals surface area contributed by atoms with E-state index in [1.165, 1.54) is 60.6 Å². The molecule has 0 bridgehead atoms. The quantitative estimate of drug-likeness (QED) is 0.216. The highest BCUT2D eigenvalue weighted by molar-refractivity contribution is 6.08. The molecule has 7 aromatic rings. The number of nitrogens with zero attached hydrogens (tertiary/aromatic N) is 1. The monoisotopic (exact) mass is 537 g/mol. The van der Waals surface area contributed by atoms with E-state index in [1.807, 2.05) is 0 Å². The summed E-state index contributed by atoms with van der Waals surface area (Å²) < 4.78 is 0. The van der Waals surface area contributed by atoms with Crippen molar-refractivity contribution in [2.45, 2.75) is 19.3 Å². The molecule has 0 fully saturated rings. The third kappa shape index (κ3) is 3.71. The molecule has 0 atom stereocenters.